The Balaban J connectivity index is 1.30. The summed E-state index contributed by atoms with van der Waals surface area (Å²) in [7, 11) is 2.94. The van der Waals surface area contributed by atoms with Crippen LogP contribution < -0.4 is 20.2 Å². The van der Waals surface area contributed by atoms with E-state index in [1.807, 2.05) is 0 Å². The van der Waals surface area contributed by atoms with Gasteiger partial charge in [-0.2, -0.15) is 5.10 Å². The molecule has 4 rings (SSSR count). The van der Waals surface area contributed by atoms with Gasteiger partial charge in [0.1, 0.15) is 28.0 Å². The molecular formula is C24H20N6O7S. The van der Waals surface area contributed by atoms with Crippen molar-refractivity contribution in [2.75, 3.05) is 19.5 Å². The Morgan fingerprint density at radius 2 is 1.89 bits per heavy atom. The van der Waals surface area contributed by atoms with Crippen molar-refractivity contribution in [3.05, 3.63) is 81.0 Å². The number of hydrogen-bond acceptors (Lipinski definition) is 11. The molecule has 0 unspecified atom stereocenters. The molecule has 13 nitrogen and oxygen atoms in total. The molecule has 0 aliphatic heterocycles. The van der Waals surface area contributed by atoms with E-state index in [4.69, 9.17) is 13.9 Å². The third-order valence-corrected chi connectivity index (χ3v) is 5.86. The number of carbonyl (C=O) groups excluding carboxylic acids is 2. The van der Waals surface area contributed by atoms with Crippen molar-refractivity contribution in [1.29, 1.82) is 0 Å². The molecule has 2 N–H and O–H groups in total. The van der Waals surface area contributed by atoms with E-state index < -0.39 is 10.8 Å². The Morgan fingerprint density at radius 3 is 2.61 bits per heavy atom. The number of nitrogens with one attached hydrogen (secondary N) is 2. The van der Waals surface area contributed by atoms with Gasteiger partial charge in [0.25, 0.3) is 11.6 Å². The topological polar surface area (TPSA) is 171 Å². The first kappa shape index (κ1) is 26.0. The maximum absolute atomic E-state index is 12.3. The number of nitro groups is 1. The van der Waals surface area contributed by atoms with Crippen molar-refractivity contribution in [2.24, 2.45) is 5.10 Å². The van der Waals surface area contributed by atoms with Crippen molar-refractivity contribution in [1.82, 2.24) is 15.6 Å². The Bertz CT molecular complexity index is 1500. The van der Waals surface area contributed by atoms with Gasteiger partial charge in [0.2, 0.25) is 11.0 Å². The largest absolute Gasteiger partial charge is 0.497 e. The van der Waals surface area contributed by atoms with E-state index in [-0.39, 0.29) is 28.9 Å². The molecular weight excluding hydrogens is 516 g/mol. The van der Waals surface area contributed by atoms with Gasteiger partial charge in [0.15, 0.2) is 0 Å². The second-order valence-corrected chi connectivity index (χ2v) is 8.56. The molecule has 0 radical (unpaired) electrons. The van der Waals surface area contributed by atoms with E-state index in [0.29, 0.717) is 33.4 Å². The fourth-order valence-electron chi connectivity index (χ4n) is 3.20. The van der Waals surface area contributed by atoms with E-state index in [1.165, 1.54) is 38.6 Å². The van der Waals surface area contributed by atoms with Crippen molar-refractivity contribution in [2.45, 2.75) is 6.42 Å². The molecule has 194 valence electrons. The number of hydrogen-bond donors (Lipinski definition) is 2. The molecule has 2 aromatic carbocycles. The first-order valence-corrected chi connectivity index (χ1v) is 11.7. The lowest BCUT2D eigenvalue weighted by atomic mass is 10.1. The Kier molecular flexibility index (Phi) is 8.03. The Morgan fingerprint density at radius 1 is 1.11 bits per heavy atom. The number of amides is 2. The number of non-ortho nitro benzene ring substituents is 1. The number of methoxy groups -OCH3 is 2. The zero-order chi connectivity index (χ0) is 27.1. The number of nitrogens with zero attached hydrogens (tertiary/aromatic N) is 4. The number of nitro benzene ring substituents is 1. The molecule has 0 bridgehead atoms. The molecule has 0 spiro atoms. The third-order valence-electron chi connectivity index (χ3n) is 5.02. The molecule has 2 amide bonds. The molecule has 2 aromatic heterocycles. The smallest absolute Gasteiger partial charge is 0.273 e. The minimum absolute atomic E-state index is 0.100. The molecule has 14 heteroatoms. The summed E-state index contributed by atoms with van der Waals surface area (Å²) in [4.78, 5) is 35.0. The normalized spacial score (nSPS) is 10.8. The highest BCUT2D eigenvalue weighted by atomic mass is 32.1. The summed E-state index contributed by atoms with van der Waals surface area (Å²) in [6, 6.07) is 14.0. The maximum Gasteiger partial charge on any atom is 0.273 e. The summed E-state index contributed by atoms with van der Waals surface area (Å²) in [5.41, 5.74) is 3.20. The number of aromatic nitrogens is 2. The van der Waals surface area contributed by atoms with Gasteiger partial charge in [-0.1, -0.05) is 11.3 Å². The molecule has 38 heavy (non-hydrogen) atoms. The zero-order valence-electron chi connectivity index (χ0n) is 20.0. The number of anilines is 1. The van der Waals surface area contributed by atoms with Gasteiger partial charge in [-0.05, 0) is 42.5 Å². The lowest BCUT2D eigenvalue weighted by Gasteiger charge is -2.05. The first-order valence-electron chi connectivity index (χ1n) is 10.9. The summed E-state index contributed by atoms with van der Waals surface area (Å²) >= 11 is 1.06. The van der Waals surface area contributed by atoms with E-state index in [9.17, 15) is 19.7 Å². The van der Waals surface area contributed by atoms with E-state index in [1.54, 1.807) is 36.4 Å². The van der Waals surface area contributed by atoms with Gasteiger partial charge in [-0.3, -0.25) is 25.0 Å². The van der Waals surface area contributed by atoms with E-state index in [2.05, 4.69) is 26.0 Å². The minimum Gasteiger partial charge on any atom is -0.497 e. The number of benzene rings is 2. The summed E-state index contributed by atoms with van der Waals surface area (Å²) in [5.74, 6) is 0.832. The van der Waals surface area contributed by atoms with Crippen LogP contribution in [0.4, 0.5) is 10.8 Å². The number of furan rings is 1. The summed E-state index contributed by atoms with van der Waals surface area (Å²) in [6.07, 6.45) is 1.21. The monoisotopic (exact) mass is 536 g/mol. The average Bonchev–Trinajstić information content (AvgIpc) is 3.57. The molecule has 2 heterocycles. The lowest BCUT2D eigenvalue weighted by molar-refractivity contribution is -0.384. The van der Waals surface area contributed by atoms with Gasteiger partial charge in [-0.25, -0.2) is 5.43 Å². The van der Waals surface area contributed by atoms with Crippen molar-refractivity contribution in [3.63, 3.8) is 0 Å². The van der Waals surface area contributed by atoms with Crippen LogP contribution in [0.2, 0.25) is 0 Å². The highest BCUT2D eigenvalue weighted by Crippen LogP contribution is 2.34. The fraction of sp³-hybridized carbons (Fsp3) is 0.125. The Labute approximate surface area is 219 Å². The van der Waals surface area contributed by atoms with Crippen LogP contribution in [-0.4, -0.2) is 47.4 Å². The van der Waals surface area contributed by atoms with Crippen LogP contribution in [0.5, 0.6) is 11.5 Å². The SMILES string of the molecule is COc1ccc(C(=O)Nc2nnc(CC(=O)N/N=C\c3ccc(-c4ccc([N+](=O)[O-])cc4OC)o3)s2)cc1. The number of ether oxygens (including phenoxy) is 2. The predicted molar refractivity (Wildman–Crippen MR) is 138 cm³/mol. The van der Waals surface area contributed by atoms with Crippen molar-refractivity contribution >= 4 is 40.2 Å². The average molecular weight is 537 g/mol. The van der Waals surface area contributed by atoms with Crippen molar-refractivity contribution in [3.8, 4) is 22.8 Å². The summed E-state index contributed by atoms with van der Waals surface area (Å²) in [5, 5.41) is 25.9. The molecule has 0 saturated carbocycles. The lowest BCUT2D eigenvalue weighted by Crippen LogP contribution is -2.19. The van der Waals surface area contributed by atoms with Gasteiger partial charge >= 0.3 is 0 Å². The standard InChI is InChI=1S/C24H20N6O7S/c1-35-16-6-3-14(4-7-16)23(32)26-24-29-28-22(38-24)12-21(31)27-25-13-17-8-10-19(37-17)18-9-5-15(30(33)34)11-20(18)36-2/h3-11,13H,12H2,1-2H3,(H,27,31)(H,26,29,32)/b25-13-. The predicted octanol–water partition coefficient (Wildman–Crippen LogP) is 3.67. The fourth-order valence-corrected chi connectivity index (χ4v) is 3.93. The maximum atomic E-state index is 12.3. The molecule has 0 fully saturated rings. The summed E-state index contributed by atoms with van der Waals surface area (Å²) in [6.45, 7) is 0. The summed E-state index contributed by atoms with van der Waals surface area (Å²) < 4.78 is 16.0. The number of rotatable bonds is 10. The zero-order valence-corrected chi connectivity index (χ0v) is 20.9. The Hall–Kier alpha value is -5.11. The third kappa shape index (κ3) is 6.36. The number of hydrazone groups is 1. The van der Waals surface area contributed by atoms with Gasteiger partial charge in [-0.15, -0.1) is 10.2 Å². The molecule has 0 aliphatic carbocycles. The van der Waals surface area contributed by atoms with Crippen LogP contribution in [-0.2, 0) is 11.2 Å². The van der Waals surface area contributed by atoms with Crippen LogP contribution in [0, 0.1) is 10.1 Å². The van der Waals surface area contributed by atoms with E-state index in [0.717, 1.165) is 11.3 Å². The van der Waals surface area contributed by atoms with E-state index >= 15 is 0 Å². The van der Waals surface area contributed by atoms with Crippen LogP contribution in [0.3, 0.4) is 0 Å². The molecule has 4 aromatic rings. The van der Waals surface area contributed by atoms with Crippen LogP contribution in [0.1, 0.15) is 21.1 Å². The molecule has 0 aliphatic rings. The van der Waals surface area contributed by atoms with Gasteiger partial charge in [0, 0.05) is 11.6 Å². The first-order chi connectivity index (χ1) is 18.4. The van der Waals surface area contributed by atoms with Crippen LogP contribution in [0.25, 0.3) is 11.3 Å². The van der Waals surface area contributed by atoms with Gasteiger partial charge in [0.05, 0.1) is 43.4 Å². The highest BCUT2D eigenvalue weighted by molar-refractivity contribution is 7.15. The highest BCUT2D eigenvalue weighted by Gasteiger charge is 2.16. The second-order valence-electron chi connectivity index (χ2n) is 7.50. The number of carbonyl (C=O) groups is 2. The second kappa shape index (κ2) is 11.7. The van der Waals surface area contributed by atoms with Crippen LogP contribution >= 0.6 is 11.3 Å². The van der Waals surface area contributed by atoms with Crippen molar-refractivity contribution < 1.29 is 28.4 Å². The molecule has 0 atom stereocenters. The minimum atomic E-state index is -0.517. The van der Waals surface area contributed by atoms with Gasteiger partial charge < -0.3 is 13.9 Å². The molecule has 0 saturated heterocycles. The quantitative estimate of drug-likeness (QED) is 0.174. The van der Waals surface area contributed by atoms with Crippen LogP contribution in [0.15, 0.2) is 64.1 Å².